The molecular weight excluding hydrogens is 367 g/mol. The topological polar surface area (TPSA) is 35.5 Å². The van der Waals surface area contributed by atoms with Crippen LogP contribution in [0.15, 0.2) is 36.4 Å². The lowest BCUT2D eigenvalue weighted by Gasteiger charge is -2.12. The third-order valence-electron chi connectivity index (χ3n) is 3.06. The second-order valence-electron chi connectivity index (χ2n) is 4.36. The largest absolute Gasteiger partial charge is 0.493 e. The van der Waals surface area contributed by atoms with Crippen molar-refractivity contribution in [3.63, 3.8) is 0 Å². The van der Waals surface area contributed by atoms with Crippen molar-refractivity contribution in [1.82, 2.24) is 0 Å². The van der Waals surface area contributed by atoms with Crippen molar-refractivity contribution in [3.05, 3.63) is 56.7 Å². The van der Waals surface area contributed by atoms with Crippen molar-refractivity contribution in [2.45, 2.75) is 6.92 Å². The van der Waals surface area contributed by atoms with Gasteiger partial charge in [-0.3, -0.25) is 4.79 Å². The molecule has 0 bridgehead atoms. The molecule has 0 atom stereocenters. The standard InChI is InChI=1S/C16H15IO3/c1-10-7-14(19-2)15(20-3)9-13(10)16(18)11-5-4-6-12(17)8-11/h4-9H,1-3H3. The Labute approximate surface area is 132 Å². The van der Waals surface area contributed by atoms with Crippen LogP contribution in [-0.4, -0.2) is 20.0 Å². The van der Waals surface area contributed by atoms with Gasteiger partial charge in [-0.2, -0.15) is 0 Å². The minimum absolute atomic E-state index is 0.0121. The Kier molecular flexibility index (Phi) is 4.65. The number of methoxy groups -OCH3 is 2. The Hall–Kier alpha value is -1.56. The SMILES string of the molecule is COc1cc(C)c(C(=O)c2cccc(I)c2)cc1OC. The van der Waals surface area contributed by atoms with Crippen LogP contribution in [0.5, 0.6) is 11.5 Å². The van der Waals surface area contributed by atoms with Gasteiger partial charge in [0.25, 0.3) is 0 Å². The van der Waals surface area contributed by atoms with Gasteiger partial charge < -0.3 is 9.47 Å². The lowest BCUT2D eigenvalue weighted by molar-refractivity contribution is 0.103. The van der Waals surface area contributed by atoms with Gasteiger partial charge in [-0.25, -0.2) is 0 Å². The molecule has 0 heterocycles. The summed E-state index contributed by atoms with van der Waals surface area (Å²) in [4.78, 5) is 12.6. The van der Waals surface area contributed by atoms with Crippen LogP contribution < -0.4 is 9.47 Å². The number of carbonyl (C=O) groups is 1. The normalized spacial score (nSPS) is 10.2. The van der Waals surface area contributed by atoms with Crippen molar-refractivity contribution in [3.8, 4) is 11.5 Å². The number of hydrogen-bond donors (Lipinski definition) is 0. The predicted octanol–water partition coefficient (Wildman–Crippen LogP) is 3.85. The van der Waals surface area contributed by atoms with Gasteiger partial charge in [0.05, 0.1) is 14.2 Å². The summed E-state index contributed by atoms with van der Waals surface area (Å²) < 4.78 is 11.5. The number of halogens is 1. The van der Waals surface area contributed by atoms with E-state index < -0.39 is 0 Å². The molecule has 0 radical (unpaired) electrons. The first-order chi connectivity index (χ1) is 9.56. The van der Waals surface area contributed by atoms with Crippen LogP contribution in [0.4, 0.5) is 0 Å². The molecule has 0 aromatic heterocycles. The van der Waals surface area contributed by atoms with Gasteiger partial charge in [-0.15, -0.1) is 0 Å². The summed E-state index contributed by atoms with van der Waals surface area (Å²) in [5.41, 5.74) is 2.17. The van der Waals surface area contributed by atoms with Crippen molar-refractivity contribution < 1.29 is 14.3 Å². The van der Waals surface area contributed by atoms with Gasteiger partial charge in [-0.1, -0.05) is 12.1 Å². The number of hydrogen-bond acceptors (Lipinski definition) is 3. The molecule has 0 amide bonds. The quantitative estimate of drug-likeness (QED) is 0.596. The highest BCUT2D eigenvalue weighted by Crippen LogP contribution is 2.31. The lowest BCUT2D eigenvalue weighted by Crippen LogP contribution is -2.05. The summed E-state index contributed by atoms with van der Waals surface area (Å²) >= 11 is 2.20. The molecule has 2 rings (SSSR count). The van der Waals surface area contributed by atoms with Gasteiger partial charge in [0, 0.05) is 14.7 Å². The molecule has 0 aliphatic rings. The van der Waals surface area contributed by atoms with Crippen LogP contribution in [0.1, 0.15) is 21.5 Å². The average Bonchev–Trinajstić information content (AvgIpc) is 2.46. The smallest absolute Gasteiger partial charge is 0.193 e. The number of ketones is 1. The summed E-state index contributed by atoms with van der Waals surface area (Å²) in [7, 11) is 3.14. The zero-order chi connectivity index (χ0) is 14.7. The maximum Gasteiger partial charge on any atom is 0.193 e. The Balaban J connectivity index is 2.49. The zero-order valence-corrected chi connectivity index (χ0v) is 13.7. The van der Waals surface area contributed by atoms with E-state index in [4.69, 9.17) is 9.47 Å². The van der Waals surface area contributed by atoms with E-state index in [0.717, 1.165) is 9.13 Å². The predicted molar refractivity (Wildman–Crippen MR) is 86.9 cm³/mol. The van der Waals surface area contributed by atoms with E-state index in [1.54, 1.807) is 20.3 Å². The Morgan fingerprint density at radius 2 is 1.70 bits per heavy atom. The van der Waals surface area contributed by atoms with Gasteiger partial charge in [0.2, 0.25) is 0 Å². The molecular formula is C16H15IO3. The van der Waals surface area contributed by atoms with E-state index in [9.17, 15) is 4.79 Å². The summed E-state index contributed by atoms with van der Waals surface area (Å²) in [5.74, 6) is 1.18. The molecule has 20 heavy (non-hydrogen) atoms. The molecule has 0 saturated heterocycles. The Morgan fingerprint density at radius 1 is 1.05 bits per heavy atom. The number of rotatable bonds is 4. The van der Waals surface area contributed by atoms with E-state index >= 15 is 0 Å². The van der Waals surface area contributed by atoms with Crippen LogP contribution >= 0.6 is 22.6 Å². The van der Waals surface area contributed by atoms with E-state index in [1.165, 1.54) is 0 Å². The first kappa shape index (κ1) is 14.8. The number of benzene rings is 2. The monoisotopic (exact) mass is 382 g/mol. The molecule has 3 nitrogen and oxygen atoms in total. The Morgan fingerprint density at radius 3 is 2.30 bits per heavy atom. The molecule has 0 N–H and O–H groups in total. The Bertz CT molecular complexity index is 650. The van der Waals surface area contributed by atoms with Crippen LogP contribution in [0.2, 0.25) is 0 Å². The highest BCUT2D eigenvalue weighted by Gasteiger charge is 2.16. The average molecular weight is 382 g/mol. The molecule has 0 fully saturated rings. The fraction of sp³-hybridized carbons (Fsp3) is 0.188. The van der Waals surface area contributed by atoms with Crippen molar-refractivity contribution in [2.24, 2.45) is 0 Å². The first-order valence-electron chi connectivity index (χ1n) is 6.09. The number of ether oxygens (including phenoxy) is 2. The molecule has 0 spiro atoms. The van der Waals surface area contributed by atoms with Crippen LogP contribution in [0.3, 0.4) is 0 Å². The zero-order valence-electron chi connectivity index (χ0n) is 11.6. The lowest BCUT2D eigenvalue weighted by atomic mass is 9.98. The number of carbonyl (C=O) groups excluding carboxylic acids is 1. The summed E-state index contributed by atoms with van der Waals surface area (Å²) in [6.07, 6.45) is 0. The fourth-order valence-corrected chi connectivity index (χ4v) is 2.55. The third-order valence-corrected chi connectivity index (χ3v) is 3.73. The van der Waals surface area contributed by atoms with Crippen molar-refractivity contribution in [1.29, 1.82) is 0 Å². The van der Waals surface area contributed by atoms with E-state index in [-0.39, 0.29) is 5.78 Å². The summed E-state index contributed by atoms with van der Waals surface area (Å²) in [6, 6.07) is 11.1. The first-order valence-corrected chi connectivity index (χ1v) is 7.17. The second kappa shape index (κ2) is 6.26. The van der Waals surface area contributed by atoms with Crippen LogP contribution in [0, 0.1) is 10.5 Å². The minimum Gasteiger partial charge on any atom is -0.493 e. The summed E-state index contributed by atoms with van der Waals surface area (Å²) in [5, 5.41) is 0. The van der Waals surface area contributed by atoms with Crippen molar-refractivity contribution >= 4 is 28.4 Å². The highest BCUT2D eigenvalue weighted by atomic mass is 127. The van der Waals surface area contributed by atoms with Crippen LogP contribution in [-0.2, 0) is 0 Å². The minimum atomic E-state index is -0.0121. The van der Waals surface area contributed by atoms with Gasteiger partial charge in [-0.05, 0) is 59.3 Å². The van der Waals surface area contributed by atoms with E-state index in [1.807, 2.05) is 37.3 Å². The van der Waals surface area contributed by atoms with Gasteiger partial charge in [0.15, 0.2) is 17.3 Å². The number of aryl methyl sites for hydroxylation is 1. The molecule has 104 valence electrons. The molecule has 0 aliphatic heterocycles. The maximum atomic E-state index is 12.6. The highest BCUT2D eigenvalue weighted by molar-refractivity contribution is 14.1. The maximum absolute atomic E-state index is 12.6. The van der Waals surface area contributed by atoms with Crippen LogP contribution in [0.25, 0.3) is 0 Å². The fourth-order valence-electron chi connectivity index (χ4n) is 2.01. The molecule has 0 aliphatic carbocycles. The third kappa shape index (κ3) is 2.95. The van der Waals surface area contributed by atoms with Gasteiger partial charge in [0.1, 0.15) is 0 Å². The molecule has 2 aromatic carbocycles. The molecule has 0 unspecified atom stereocenters. The molecule has 2 aromatic rings. The van der Waals surface area contributed by atoms with E-state index in [0.29, 0.717) is 22.6 Å². The molecule has 4 heteroatoms. The van der Waals surface area contributed by atoms with E-state index in [2.05, 4.69) is 22.6 Å². The van der Waals surface area contributed by atoms with Crippen molar-refractivity contribution in [2.75, 3.05) is 14.2 Å². The second-order valence-corrected chi connectivity index (χ2v) is 5.61. The molecule has 0 saturated carbocycles. The van der Waals surface area contributed by atoms with Gasteiger partial charge >= 0.3 is 0 Å². The summed E-state index contributed by atoms with van der Waals surface area (Å²) in [6.45, 7) is 1.89.